The average Bonchev–Trinajstić information content (AvgIpc) is 3.11. The molecule has 1 heterocycles. The summed E-state index contributed by atoms with van der Waals surface area (Å²) < 4.78 is 0. The van der Waals surface area contributed by atoms with Crippen LogP contribution in [0.1, 0.15) is 41.3 Å². The number of aryl methyl sites for hydroxylation is 1. The number of thiophene rings is 1. The molecule has 3 rings (SSSR count). The van der Waals surface area contributed by atoms with Crippen molar-refractivity contribution in [1.29, 1.82) is 0 Å². The SMILES string of the molecule is Cc1ccc(-c2scc(NC(=O)C(C)C(C)c3ccccc3)c2C(=O)O)cc1. The minimum atomic E-state index is -1.05. The zero-order valence-electron chi connectivity index (χ0n) is 16.1. The molecule has 0 aliphatic heterocycles. The number of hydrogen-bond acceptors (Lipinski definition) is 3. The Morgan fingerprint density at radius 1 is 1.00 bits per heavy atom. The summed E-state index contributed by atoms with van der Waals surface area (Å²) >= 11 is 1.33. The maximum absolute atomic E-state index is 12.8. The third-order valence-corrected chi connectivity index (χ3v) is 6.09. The lowest BCUT2D eigenvalue weighted by Gasteiger charge is -2.20. The standard InChI is InChI=1S/C23H23NO3S/c1-14-9-11-18(12-10-14)21-20(23(26)27)19(13-28-21)24-22(25)16(3)15(2)17-7-5-4-6-8-17/h4-13,15-16H,1-3H3,(H,24,25)(H,26,27). The molecule has 0 fully saturated rings. The highest BCUT2D eigenvalue weighted by Crippen LogP contribution is 2.37. The maximum atomic E-state index is 12.8. The van der Waals surface area contributed by atoms with Crippen LogP contribution in [0.15, 0.2) is 60.0 Å². The Balaban J connectivity index is 1.85. The third-order valence-electron chi connectivity index (χ3n) is 5.07. The Morgan fingerprint density at radius 2 is 1.64 bits per heavy atom. The molecule has 4 nitrogen and oxygen atoms in total. The number of rotatable bonds is 6. The van der Waals surface area contributed by atoms with Gasteiger partial charge in [0.1, 0.15) is 5.56 Å². The summed E-state index contributed by atoms with van der Waals surface area (Å²) in [4.78, 5) is 25.3. The van der Waals surface area contributed by atoms with Crippen molar-refractivity contribution in [1.82, 2.24) is 0 Å². The molecule has 5 heteroatoms. The highest BCUT2D eigenvalue weighted by atomic mass is 32.1. The maximum Gasteiger partial charge on any atom is 0.339 e. The van der Waals surface area contributed by atoms with Gasteiger partial charge in [-0.1, -0.05) is 74.0 Å². The lowest BCUT2D eigenvalue weighted by Crippen LogP contribution is -2.25. The Morgan fingerprint density at radius 3 is 2.25 bits per heavy atom. The van der Waals surface area contributed by atoms with Gasteiger partial charge in [0.05, 0.1) is 10.6 Å². The number of benzene rings is 2. The van der Waals surface area contributed by atoms with Crippen LogP contribution in [0, 0.1) is 12.8 Å². The molecule has 2 atom stereocenters. The van der Waals surface area contributed by atoms with Gasteiger partial charge in [0, 0.05) is 11.3 Å². The summed E-state index contributed by atoms with van der Waals surface area (Å²) in [5.41, 5.74) is 3.51. The van der Waals surface area contributed by atoms with Crippen molar-refractivity contribution in [3.63, 3.8) is 0 Å². The normalized spacial score (nSPS) is 13.0. The van der Waals surface area contributed by atoms with E-state index in [1.807, 2.05) is 75.4 Å². The number of carboxylic acid groups (broad SMARTS) is 1. The molecule has 28 heavy (non-hydrogen) atoms. The number of carbonyl (C=O) groups excluding carboxylic acids is 1. The highest BCUT2D eigenvalue weighted by Gasteiger charge is 2.25. The minimum absolute atomic E-state index is 0.0182. The van der Waals surface area contributed by atoms with E-state index >= 15 is 0 Å². The van der Waals surface area contributed by atoms with Crippen LogP contribution in [0.4, 0.5) is 5.69 Å². The van der Waals surface area contributed by atoms with Crippen LogP contribution < -0.4 is 5.32 Å². The van der Waals surface area contributed by atoms with Gasteiger partial charge in [0.25, 0.3) is 0 Å². The molecule has 0 aliphatic rings. The molecule has 0 bridgehead atoms. The number of aromatic carboxylic acids is 1. The lowest BCUT2D eigenvalue weighted by molar-refractivity contribution is -0.119. The van der Waals surface area contributed by atoms with Crippen molar-refractivity contribution in [3.8, 4) is 10.4 Å². The number of nitrogens with one attached hydrogen (secondary N) is 1. The molecule has 1 aromatic heterocycles. The molecule has 2 N–H and O–H groups in total. The largest absolute Gasteiger partial charge is 0.478 e. The van der Waals surface area contributed by atoms with E-state index in [-0.39, 0.29) is 23.3 Å². The van der Waals surface area contributed by atoms with E-state index in [1.165, 1.54) is 11.3 Å². The molecule has 0 radical (unpaired) electrons. The minimum Gasteiger partial charge on any atom is -0.478 e. The second kappa shape index (κ2) is 8.40. The number of hydrogen-bond donors (Lipinski definition) is 2. The van der Waals surface area contributed by atoms with Crippen molar-refractivity contribution < 1.29 is 14.7 Å². The summed E-state index contributed by atoms with van der Waals surface area (Å²) in [6.45, 7) is 5.85. The Hall–Kier alpha value is -2.92. The van der Waals surface area contributed by atoms with Gasteiger partial charge < -0.3 is 10.4 Å². The molecule has 3 aromatic rings. The Kier molecular flexibility index (Phi) is 5.95. The highest BCUT2D eigenvalue weighted by molar-refractivity contribution is 7.14. The summed E-state index contributed by atoms with van der Waals surface area (Å²) in [5, 5.41) is 14.3. The number of carboxylic acids is 1. The van der Waals surface area contributed by atoms with Crippen molar-refractivity contribution in [3.05, 3.63) is 76.7 Å². The first-order valence-corrected chi connectivity index (χ1v) is 10.0. The number of amides is 1. The second-order valence-corrected chi connectivity index (χ2v) is 7.88. The van der Waals surface area contributed by atoms with E-state index in [2.05, 4.69) is 5.32 Å². The molecule has 2 unspecified atom stereocenters. The Bertz CT molecular complexity index is 977. The van der Waals surface area contributed by atoms with Gasteiger partial charge in [-0.15, -0.1) is 11.3 Å². The summed E-state index contributed by atoms with van der Waals surface area (Å²) in [5.74, 6) is -1.51. The second-order valence-electron chi connectivity index (χ2n) is 7.00. The molecule has 0 aliphatic carbocycles. The first kappa shape index (κ1) is 19.8. The number of anilines is 1. The first-order valence-electron chi connectivity index (χ1n) is 9.16. The van der Waals surface area contributed by atoms with Crippen LogP contribution in [-0.4, -0.2) is 17.0 Å². The van der Waals surface area contributed by atoms with Crippen molar-refractivity contribution in [2.75, 3.05) is 5.32 Å². The molecule has 2 aromatic carbocycles. The summed E-state index contributed by atoms with van der Waals surface area (Å²) in [7, 11) is 0. The predicted molar refractivity (Wildman–Crippen MR) is 114 cm³/mol. The fourth-order valence-electron chi connectivity index (χ4n) is 3.10. The molecule has 1 amide bonds. The fourth-order valence-corrected chi connectivity index (χ4v) is 4.10. The first-order chi connectivity index (χ1) is 13.4. The van der Waals surface area contributed by atoms with Crippen LogP contribution in [0.2, 0.25) is 0 Å². The molecular formula is C23H23NO3S. The average molecular weight is 394 g/mol. The fraction of sp³-hybridized carbons (Fsp3) is 0.217. The zero-order valence-corrected chi connectivity index (χ0v) is 16.9. The van der Waals surface area contributed by atoms with Crippen molar-refractivity contribution in [2.24, 2.45) is 5.92 Å². The van der Waals surface area contributed by atoms with E-state index in [0.29, 0.717) is 10.6 Å². The quantitative estimate of drug-likeness (QED) is 0.556. The van der Waals surface area contributed by atoms with Gasteiger partial charge in [-0.2, -0.15) is 0 Å². The van der Waals surface area contributed by atoms with Crippen molar-refractivity contribution >= 4 is 28.9 Å². The monoisotopic (exact) mass is 393 g/mol. The van der Waals surface area contributed by atoms with Crippen LogP contribution in [-0.2, 0) is 4.79 Å². The third kappa shape index (κ3) is 4.15. The Labute approximate surface area is 168 Å². The van der Waals surface area contributed by atoms with Gasteiger partial charge in [-0.25, -0.2) is 4.79 Å². The number of carbonyl (C=O) groups is 2. The molecule has 144 valence electrons. The molecular weight excluding hydrogens is 370 g/mol. The van der Waals surface area contributed by atoms with Gasteiger partial charge in [0.2, 0.25) is 5.91 Å². The van der Waals surface area contributed by atoms with E-state index in [1.54, 1.807) is 5.38 Å². The van der Waals surface area contributed by atoms with E-state index < -0.39 is 5.97 Å². The van der Waals surface area contributed by atoms with E-state index in [0.717, 1.165) is 16.7 Å². The van der Waals surface area contributed by atoms with Crippen LogP contribution in [0.3, 0.4) is 0 Å². The van der Waals surface area contributed by atoms with Crippen LogP contribution in [0.25, 0.3) is 10.4 Å². The lowest BCUT2D eigenvalue weighted by atomic mass is 9.88. The molecule has 0 spiro atoms. The molecule has 0 saturated heterocycles. The van der Waals surface area contributed by atoms with Gasteiger partial charge in [0.15, 0.2) is 0 Å². The summed E-state index contributed by atoms with van der Waals surface area (Å²) in [6, 6.07) is 17.5. The van der Waals surface area contributed by atoms with E-state index in [4.69, 9.17) is 0 Å². The zero-order chi connectivity index (χ0) is 20.3. The topological polar surface area (TPSA) is 66.4 Å². The van der Waals surface area contributed by atoms with E-state index in [9.17, 15) is 14.7 Å². The predicted octanol–water partition coefficient (Wildman–Crippen LogP) is 5.80. The summed E-state index contributed by atoms with van der Waals surface area (Å²) in [6.07, 6.45) is 0. The smallest absolute Gasteiger partial charge is 0.339 e. The van der Waals surface area contributed by atoms with Crippen LogP contribution in [0.5, 0.6) is 0 Å². The van der Waals surface area contributed by atoms with Crippen molar-refractivity contribution in [2.45, 2.75) is 26.7 Å². The molecule has 0 saturated carbocycles. The van der Waals surface area contributed by atoms with Gasteiger partial charge >= 0.3 is 5.97 Å². The van der Waals surface area contributed by atoms with Gasteiger partial charge in [-0.05, 0) is 24.0 Å². The van der Waals surface area contributed by atoms with Gasteiger partial charge in [-0.3, -0.25) is 4.79 Å². The van der Waals surface area contributed by atoms with Crippen LogP contribution >= 0.6 is 11.3 Å².